The summed E-state index contributed by atoms with van der Waals surface area (Å²) in [5.41, 5.74) is 0.555. The fourth-order valence-corrected chi connectivity index (χ4v) is 3.52. The van der Waals surface area contributed by atoms with Gasteiger partial charge in [0.15, 0.2) is 0 Å². The van der Waals surface area contributed by atoms with Gasteiger partial charge in [-0.2, -0.15) is 0 Å². The molecule has 0 saturated carbocycles. The normalized spacial score (nSPS) is 52.8. The Morgan fingerprint density at radius 1 is 1.42 bits per heavy atom. The SMILES string of the molecule is C[C@]12CCCN1[C@H]1COC[C@H]1C2. The molecule has 2 heteroatoms. The molecule has 0 radical (unpaired) electrons. The summed E-state index contributed by atoms with van der Waals surface area (Å²) in [6, 6.07) is 0.775. The van der Waals surface area contributed by atoms with Crippen LogP contribution in [0.3, 0.4) is 0 Å². The van der Waals surface area contributed by atoms with Gasteiger partial charge in [-0.1, -0.05) is 0 Å². The van der Waals surface area contributed by atoms with Crippen molar-refractivity contribution in [2.24, 2.45) is 5.92 Å². The Morgan fingerprint density at radius 3 is 3.25 bits per heavy atom. The average molecular weight is 167 g/mol. The Labute approximate surface area is 73.9 Å². The summed E-state index contributed by atoms with van der Waals surface area (Å²) in [6.07, 6.45) is 4.21. The van der Waals surface area contributed by atoms with Crippen LogP contribution in [0.4, 0.5) is 0 Å². The Balaban J connectivity index is 1.90. The molecule has 68 valence electrons. The van der Waals surface area contributed by atoms with E-state index in [4.69, 9.17) is 4.74 Å². The predicted octanol–water partition coefficient (Wildman–Crippen LogP) is 1.26. The molecule has 3 fully saturated rings. The van der Waals surface area contributed by atoms with Gasteiger partial charge in [0.05, 0.1) is 13.2 Å². The van der Waals surface area contributed by atoms with Crippen LogP contribution >= 0.6 is 0 Å². The zero-order chi connectivity index (χ0) is 8.18. The second-order valence-corrected chi connectivity index (χ2v) is 4.86. The van der Waals surface area contributed by atoms with Crippen molar-refractivity contribution >= 4 is 0 Å². The molecular formula is C10H17NO. The summed E-state index contributed by atoms with van der Waals surface area (Å²) in [5, 5.41) is 0. The molecule has 3 aliphatic heterocycles. The number of hydrogen-bond acceptors (Lipinski definition) is 2. The molecule has 3 rings (SSSR count). The van der Waals surface area contributed by atoms with E-state index >= 15 is 0 Å². The molecule has 0 aromatic heterocycles. The Bertz CT molecular complexity index is 206. The van der Waals surface area contributed by atoms with E-state index in [1.165, 1.54) is 25.8 Å². The van der Waals surface area contributed by atoms with Gasteiger partial charge < -0.3 is 4.74 Å². The highest BCUT2D eigenvalue weighted by molar-refractivity contribution is 5.06. The molecule has 0 amide bonds. The molecule has 12 heavy (non-hydrogen) atoms. The molecule has 0 spiro atoms. The minimum atomic E-state index is 0.555. The Kier molecular flexibility index (Phi) is 1.37. The van der Waals surface area contributed by atoms with E-state index < -0.39 is 0 Å². The van der Waals surface area contributed by atoms with Crippen molar-refractivity contribution in [3.63, 3.8) is 0 Å². The molecule has 0 N–H and O–H groups in total. The smallest absolute Gasteiger partial charge is 0.0625 e. The summed E-state index contributed by atoms with van der Waals surface area (Å²) < 4.78 is 5.52. The van der Waals surface area contributed by atoms with Crippen LogP contribution in [-0.4, -0.2) is 36.2 Å². The second-order valence-electron chi connectivity index (χ2n) is 4.86. The largest absolute Gasteiger partial charge is 0.379 e. The van der Waals surface area contributed by atoms with Gasteiger partial charge in [-0.05, 0) is 32.7 Å². The highest BCUT2D eigenvalue weighted by atomic mass is 16.5. The number of ether oxygens (including phenoxy) is 1. The lowest BCUT2D eigenvalue weighted by Gasteiger charge is -2.30. The number of fused-ring (bicyclic) bond motifs is 3. The van der Waals surface area contributed by atoms with Gasteiger partial charge in [0.2, 0.25) is 0 Å². The van der Waals surface area contributed by atoms with Gasteiger partial charge in [-0.25, -0.2) is 0 Å². The first-order valence-corrected chi connectivity index (χ1v) is 5.14. The fourth-order valence-electron chi connectivity index (χ4n) is 3.52. The van der Waals surface area contributed by atoms with E-state index in [1.54, 1.807) is 0 Å². The first-order valence-electron chi connectivity index (χ1n) is 5.14. The third kappa shape index (κ3) is 0.775. The van der Waals surface area contributed by atoms with Gasteiger partial charge in [-0.3, -0.25) is 4.90 Å². The first kappa shape index (κ1) is 7.34. The van der Waals surface area contributed by atoms with Gasteiger partial charge >= 0.3 is 0 Å². The van der Waals surface area contributed by atoms with Crippen molar-refractivity contribution in [2.45, 2.75) is 37.8 Å². The molecule has 0 unspecified atom stereocenters. The molecule has 0 aromatic carbocycles. The third-order valence-electron chi connectivity index (χ3n) is 4.07. The van der Waals surface area contributed by atoms with Crippen LogP contribution in [-0.2, 0) is 4.74 Å². The van der Waals surface area contributed by atoms with E-state index in [-0.39, 0.29) is 0 Å². The molecule has 3 saturated heterocycles. The topological polar surface area (TPSA) is 12.5 Å². The summed E-state index contributed by atoms with van der Waals surface area (Å²) in [7, 11) is 0. The highest BCUT2D eigenvalue weighted by Gasteiger charge is 2.52. The van der Waals surface area contributed by atoms with E-state index in [2.05, 4.69) is 11.8 Å². The molecule has 0 aliphatic carbocycles. The number of hydrogen-bond donors (Lipinski definition) is 0. The van der Waals surface area contributed by atoms with E-state index in [0.717, 1.165) is 25.2 Å². The fraction of sp³-hybridized carbons (Fsp3) is 1.00. The van der Waals surface area contributed by atoms with E-state index in [0.29, 0.717) is 5.54 Å². The first-order chi connectivity index (χ1) is 5.80. The van der Waals surface area contributed by atoms with Gasteiger partial charge in [-0.15, -0.1) is 0 Å². The summed E-state index contributed by atoms with van der Waals surface area (Å²) >= 11 is 0. The van der Waals surface area contributed by atoms with Crippen LogP contribution < -0.4 is 0 Å². The van der Waals surface area contributed by atoms with Crippen molar-refractivity contribution in [3.8, 4) is 0 Å². The van der Waals surface area contributed by atoms with Crippen molar-refractivity contribution in [3.05, 3.63) is 0 Å². The summed E-state index contributed by atoms with van der Waals surface area (Å²) in [5.74, 6) is 0.857. The van der Waals surface area contributed by atoms with Crippen LogP contribution in [0.2, 0.25) is 0 Å². The predicted molar refractivity (Wildman–Crippen MR) is 47.1 cm³/mol. The van der Waals surface area contributed by atoms with Crippen molar-refractivity contribution in [1.29, 1.82) is 0 Å². The Hall–Kier alpha value is -0.0800. The van der Waals surface area contributed by atoms with Crippen LogP contribution in [0, 0.1) is 5.92 Å². The maximum atomic E-state index is 5.52. The van der Waals surface area contributed by atoms with E-state index in [1.807, 2.05) is 0 Å². The van der Waals surface area contributed by atoms with Gasteiger partial charge in [0.25, 0.3) is 0 Å². The molecule has 3 aliphatic rings. The van der Waals surface area contributed by atoms with E-state index in [9.17, 15) is 0 Å². The zero-order valence-electron chi connectivity index (χ0n) is 7.75. The minimum Gasteiger partial charge on any atom is -0.379 e. The Morgan fingerprint density at radius 2 is 2.33 bits per heavy atom. The van der Waals surface area contributed by atoms with Crippen molar-refractivity contribution in [2.75, 3.05) is 19.8 Å². The molecule has 3 heterocycles. The lowest BCUT2D eigenvalue weighted by Crippen LogP contribution is -2.41. The molecular weight excluding hydrogens is 150 g/mol. The zero-order valence-corrected chi connectivity index (χ0v) is 7.75. The average Bonchev–Trinajstić information content (AvgIpc) is 2.57. The lowest BCUT2D eigenvalue weighted by atomic mass is 9.92. The lowest BCUT2D eigenvalue weighted by molar-refractivity contribution is 0.106. The maximum Gasteiger partial charge on any atom is 0.0625 e. The van der Waals surface area contributed by atoms with Gasteiger partial charge in [0.1, 0.15) is 0 Å². The van der Waals surface area contributed by atoms with Gasteiger partial charge in [0, 0.05) is 17.5 Å². The monoisotopic (exact) mass is 167 g/mol. The standard InChI is InChI=1S/C10H17NO/c1-10-3-2-4-11(10)9-7-12-6-8(9)5-10/h8-9H,2-7H2,1H3/t8-,9+,10-/m1/s1. The molecule has 0 aromatic rings. The number of nitrogens with zero attached hydrogens (tertiary/aromatic N) is 1. The van der Waals surface area contributed by atoms with Crippen LogP contribution in [0.25, 0.3) is 0 Å². The van der Waals surface area contributed by atoms with Crippen LogP contribution in [0.1, 0.15) is 26.2 Å². The highest BCUT2D eigenvalue weighted by Crippen LogP contribution is 2.46. The van der Waals surface area contributed by atoms with Crippen molar-refractivity contribution < 1.29 is 4.74 Å². The molecule has 3 atom stereocenters. The quantitative estimate of drug-likeness (QED) is 0.538. The van der Waals surface area contributed by atoms with Crippen molar-refractivity contribution in [1.82, 2.24) is 4.90 Å². The van der Waals surface area contributed by atoms with Crippen LogP contribution in [0.15, 0.2) is 0 Å². The minimum absolute atomic E-state index is 0.555. The third-order valence-corrected chi connectivity index (χ3v) is 4.07. The second kappa shape index (κ2) is 2.24. The molecule has 2 nitrogen and oxygen atoms in total. The molecule has 0 bridgehead atoms. The number of rotatable bonds is 0. The summed E-state index contributed by atoms with van der Waals surface area (Å²) in [4.78, 5) is 2.71. The maximum absolute atomic E-state index is 5.52. The summed E-state index contributed by atoms with van der Waals surface area (Å²) in [6.45, 7) is 5.79. The van der Waals surface area contributed by atoms with Crippen LogP contribution in [0.5, 0.6) is 0 Å².